The summed E-state index contributed by atoms with van der Waals surface area (Å²) in [6, 6.07) is 18.6. The predicted octanol–water partition coefficient (Wildman–Crippen LogP) is 5.28. The van der Waals surface area contributed by atoms with E-state index in [-0.39, 0.29) is 28.8 Å². The normalized spacial score (nSPS) is 23.3. The maximum atomic E-state index is 14.2. The maximum Gasteiger partial charge on any atom is 0.253 e. The van der Waals surface area contributed by atoms with Crippen LogP contribution in [0.3, 0.4) is 0 Å². The summed E-state index contributed by atoms with van der Waals surface area (Å²) in [7, 11) is 0. The number of piperidine rings is 1. The lowest BCUT2D eigenvalue weighted by Gasteiger charge is -2.51. The van der Waals surface area contributed by atoms with Gasteiger partial charge in [-0.15, -0.1) is 0 Å². The fourth-order valence-electron chi connectivity index (χ4n) is 6.21. The Bertz CT molecular complexity index is 1250. The van der Waals surface area contributed by atoms with Gasteiger partial charge in [-0.3, -0.25) is 9.59 Å². The van der Waals surface area contributed by atoms with E-state index in [4.69, 9.17) is 0 Å². The number of carbonyl (C=O) groups excluding carboxylic acids is 1. The zero-order valence-electron chi connectivity index (χ0n) is 21.0. The van der Waals surface area contributed by atoms with E-state index in [0.717, 1.165) is 61.7 Å². The number of aromatic nitrogens is 1. The van der Waals surface area contributed by atoms with Gasteiger partial charge >= 0.3 is 0 Å². The molecule has 2 atom stereocenters. The van der Waals surface area contributed by atoms with Crippen LogP contribution < -0.4 is 10.9 Å². The minimum absolute atomic E-state index is 0.0497. The fourth-order valence-corrected chi connectivity index (χ4v) is 6.21. The van der Waals surface area contributed by atoms with E-state index in [1.807, 2.05) is 24.3 Å². The molecule has 2 aliphatic rings. The van der Waals surface area contributed by atoms with Gasteiger partial charge in [0.05, 0.1) is 6.54 Å². The summed E-state index contributed by atoms with van der Waals surface area (Å²) in [6.45, 7) is 6.33. The van der Waals surface area contributed by atoms with E-state index in [1.165, 1.54) is 12.0 Å². The number of aryl methyl sites for hydroxylation is 1. The fraction of sp³-hybridized carbons (Fsp3) is 0.467. The summed E-state index contributed by atoms with van der Waals surface area (Å²) in [5.74, 6) is 0.430. The summed E-state index contributed by atoms with van der Waals surface area (Å²) in [5.41, 5.74) is 3.42. The zero-order valence-corrected chi connectivity index (χ0v) is 21.0. The molecule has 5 nitrogen and oxygen atoms in total. The predicted molar refractivity (Wildman–Crippen MR) is 142 cm³/mol. The maximum absolute atomic E-state index is 14.2. The van der Waals surface area contributed by atoms with Crippen molar-refractivity contribution < 1.29 is 4.79 Å². The molecule has 1 saturated heterocycles. The Kier molecular flexibility index (Phi) is 6.79. The molecule has 5 heteroatoms. The highest BCUT2D eigenvalue weighted by atomic mass is 16.2. The molecule has 0 bridgehead atoms. The number of nitrogens with one attached hydrogen (secondary N) is 2. The van der Waals surface area contributed by atoms with Gasteiger partial charge in [0.1, 0.15) is 0 Å². The van der Waals surface area contributed by atoms with Gasteiger partial charge in [-0.05, 0) is 68.8 Å². The molecule has 1 aliphatic heterocycles. The molecule has 184 valence electrons. The van der Waals surface area contributed by atoms with Crippen LogP contribution in [0.15, 0.2) is 59.4 Å². The van der Waals surface area contributed by atoms with E-state index < -0.39 is 0 Å². The average molecular weight is 472 g/mol. The number of pyridine rings is 1. The molecule has 2 N–H and O–H groups in total. The first-order valence-electron chi connectivity index (χ1n) is 13.2. The van der Waals surface area contributed by atoms with Crippen molar-refractivity contribution in [2.75, 3.05) is 13.1 Å². The second-order valence-electron chi connectivity index (χ2n) is 10.7. The highest BCUT2D eigenvalue weighted by molar-refractivity contribution is 5.81. The van der Waals surface area contributed by atoms with Crippen LogP contribution >= 0.6 is 0 Å². The first kappa shape index (κ1) is 23.8. The van der Waals surface area contributed by atoms with Crippen molar-refractivity contribution in [2.45, 2.75) is 70.4 Å². The number of benzene rings is 2. The third-order valence-corrected chi connectivity index (χ3v) is 8.35. The number of H-pyrrole nitrogens is 1. The Morgan fingerprint density at radius 3 is 2.60 bits per heavy atom. The summed E-state index contributed by atoms with van der Waals surface area (Å²) in [4.78, 5) is 32.5. The van der Waals surface area contributed by atoms with Gasteiger partial charge in [-0.25, -0.2) is 0 Å². The third-order valence-electron chi connectivity index (χ3n) is 8.35. The van der Waals surface area contributed by atoms with Crippen molar-refractivity contribution >= 4 is 16.8 Å². The smallest absolute Gasteiger partial charge is 0.253 e. The van der Waals surface area contributed by atoms with Crippen molar-refractivity contribution in [3.05, 3.63) is 81.6 Å². The molecule has 0 spiro atoms. The number of hydrogen-bond donors (Lipinski definition) is 2. The molecule has 2 fully saturated rings. The number of carbonyl (C=O) groups is 1. The van der Waals surface area contributed by atoms with Gasteiger partial charge in [0.15, 0.2) is 0 Å². The van der Waals surface area contributed by atoms with Crippen LogP contribution in [-0.2, 0) is 11.3 Å². The highest BCUT2D eigenvalue weighted by Crippen LogP contribution is 2.41. The first-order chi connectivity index (χ1) is 17.0. The van der Waals surface area contributed by atoms with Crippen LogP contribution in [0.4, 0.5) is 0 Å². The van der Waals surface area contributed by atoms with Crippen LogP contribution in [0.25, 0.3) is 10.9 Å². The average Bonchev–Trinajstić information content (AvgIpc) is 2.88. The molecule has 0 unspecified atom stereocenters. The minimum atomic E-state index is -0.380. The quantitative estimate of drug-likeness (QED) is 0.532. The summed E-state index contributed by atoms with van der Waals surface area (Å²) < 4.78 is 0. The Morgan fingerprint density at radius 1 is 1.06 bits per heavy atom. The van der Waals surface area contributed by atoms with Gasteiger partial charge in [0.25, 0.3) is 5.56 Å². The Hall–Kier alpha value is -2.92. The molecule has 35 heavy (non-hydrogen) atoms. The van der Waals surface area contributed by atoms with Crippen LogP contribution in [0, 0.1) is 12.8 Å². The number of nitrogens with zero attached hydrogens (tertiary/aromatic N) is 1. The molecule has 5 rings (SSSR count). The summed E-state index contributed by atoms with van der Waals surface area (Å²) in [5, 5.41) is 4.58. The van der Waals surface area contributed by atoms with E-state index >= 15 is 0 Å². The van der Waals surface area contributed by atoms with Crippen LogP contribution in [0.5, 0.6) is 0 Å². The van der Waals surface area contributed by atoms with Crippen LogP contribution in [0.1, 0.15) is 68.1 Å². The van der Waals surface area contributed by atoms with Crippen molar-refractivity contribution in [1.82, 2.24) is 15.2 Å². The van der Waals surface area contributed by atoms with Gasteiger partial charge in [-0.2, -0.15) is 0 Å². The second-order valence-corrected chi connectivity index (χ2v) is 10.7. The van der Waals surface area contributed by atoms with E-state index in [0.29, 0.717) is 12.1 Å². The minimum Gasteiger partial charge on any atom is -0.332 e. The summed E-state index contributed by atoms with van der Waals surface area (Å²) in [6.07, 6.45) is 6.19. The molecule has 2 aromatic carbocycles. The van der Waals surface area contributed by atoms with Gasteiger partial charge in [0.2, 0.25) is 5.91 Å². The van der Waals surface area contributed by atoms with Crippen molar-refractivity contribution in [1.29, 1.82) is 0 Å². The second kappa shape index (κ2) is 9.98. The van der Waals surface area contributed by atoms with Crippen molar-refractivity contribution in [3.8, 4) is 0 Å². The number of amides is 1. The van der Waals surface area contributed by atoms with E-state index in [9.17, 15) is 9.59 Å². The number of hydrogen-bond acceptors (Lipinski definition) is 3. The van der Waals surface area contributed by atoms with Gasteiger partial charge in [0, 0.05) is 35.0 Å². The first-order valence-corrected chi connectivity index (χ1v) is 13.2. The standard InChI is InChI=1S/C30H37N3O2/c1-21-13-14-27-24(17-21)18-25(28(34)32-27)20-33(29(35)23-11-7-4-8-12-23)30(2)15-16-31-19-26(30)22-9-5-3-6-10-22/h3,5-6,9-10,13-14,17-18,23,26,31H,4,7-8,11-12,15-16,19-20H2,1-2H3,(H,32,34)/t26-,30+/m0/s1. The third kappa shape index (κ3) is 4.79. The monoisotopic (exact) mass is 471 g/mol. The molecule has 1 saturated carbocycles. The molecule has 2 heterocycles. The Balaban J connectivity index is 1.58. The van der Waals surface area contributed by atoms with E-state index in [2.05, 4.69) is 59.4 Å². The zero-order chi connectivity index (χ0) is 24.4. The molecule has 1 aliphatic carbocycles. The Labute approximate surface area is 207 Å². The SMILES string of the molecule is Cc1ccc2[nH]c(=O)c(CN(C(=O)C3CCCCC3)[C@]3(C)CCNC[C@H]3c3ccccc3)cc2c1. The lowest BCUT2D eigenvalue weighted by atomic mass is 9.73. The molecule has 1 amide bonds. The van der Waals surface area contributed by atoms with Crippen molar-refractivity contribution in [3.63, 3.8) is 0 Å². The number of rotatable bonds is 5. The summed E-state index contributed by atoms with van der Waals surface area (Å²) >= 11 is 0. The Morgan fingerprint density at radius 2 is 1.83 bits per heavy atom. The molecular formula is C30H37N3O2. The van der Waals surface area contributed by atoms with Crippen LogP contribution in [-0.4, -0.2) is 34.4 Å². The lowest BCUT2D eigenvalue weighted by Crippen LogP contribution is -2.60. The lowest BCUT2D eigenvalue weighted by molar-refractivity contribution is -0.145. The largest absolute Gasteiger partial charge is 0.332 e. The highest BCUT2D eigenvalue weighted by Gasteiger charge is 2.46. The van der Waals surface area contributed by atoms with E-state index in [1.54, 1.807) is 0 Å². The molecule has 0 radical (unpaired) electrons. The van der Waals surface area contributed by atoms with Crippen molar-refractivity contribution in [2.24, 2.45) is 5.92 Å². The molecule has 3 aromatic rings. The van der Waals surface area contributed by atoms with Gasteiger partial charge in [-0.1, -0.05) is 61.2 Å². The number of fused-ring (bicyclic) bond motifs is 1. The molecule has 1 aromatic heterocycles. The topological polar surface area (TPSA) is 65.2 Å². The van der Waals surface area contributed by atoms with Crippen LogP contribution in [0.2, 0.25) is 0 Å². The number of aromatic amines is 1. The van der Waals surface area contributed by atoms with Gasteiger partial charge < -0.3 is 15.2 Å². The molecular weight excluding hydrogens is 434 g/mol.